The molecule has 5 nitrogen and oxygen atoms in total. The van der Waals surface area contributed by atoms with Crippen LogP contribution in [0.25, 0.3) is 16.6 Å². The summed E-state index contributed by atoms with van der Waals surface area (Å²) in [4.78, 5) is 12.4. The van der Waals surface area contributed by atoms with E-state index in [0.717, 1.165) is 39.1 Å². The van der Waals surface area contributed by atoms with Gasteiger partial charge in [-0.3, -0.25) is 0 Å². The zero-order valence-corrected chi connectivity index (χ0v) is 20.9. The topological polar surface area (TPSA) is 64.4 Å². The summed E-state index contributed by atoms with van der Waals surface area (Å²) >= 11 is 1.65. The Hall–Kier alpha value is -3.46. The van der Waals surface area contributed by atoms with E-state index in [1.807, 2.05) is 37.3 Å². The number of benzene rings is 3. The van der Waals surface area contributed by atoms with Gasteiger partial charge in [0.2, 0.25) is 0 Å². The van der Waals surface area contributed by atoms with Crippen LogP contribution in [0.1, 0.15) is 42.7 Å². The number of carbonyl (C=O) groups is 1. The smallest absolute Gasteiger partial charge is 0.416 e. The molecule has 1 aromatic heterocycles. The molecule has 0 spiro atoms. The highest BCUT2D eigenvalue weighted by Gasteiger charge is 2.30. The van der Waals surface area contributed by atoms with E-state index in [1.54, 1.807) is 28.7 Å². The summed E-state index contributed by atoms with van der Waals surface area (Å²) < 4.78 is 45.8. The van der Waals surface area contributed by atoms with Crippen LogP contribution in [0.5, 0.6) is 5.75 Å². The van der Waals surface area contributed by atoms with E-state index in [9.17, 15) is 23.1 Å². The molecular weight excluding hydrogens is 489 g/mol. The monoisotopic (exact) mass is 514 g/mol. The Balaban J connectivity index is 1.51. The lowest BCUT2D eigenvalue weighted by Crippen LogP contribution is -2.38. The summed E-state index contributed by atoms with van der Waals surface area (Å²) in [5.41, 5.74) is 1.18. The molecule has 0 aliphatic heterocycles. The third-order valence-electron chi connectivity index (χ3n) is 5.80. The molecule has 0 amide bonds. The molecule has 36 heavy (non-hydrogen) atoms. The van der Waals surface area contributed by atoms with Crippen LogP contribution in [0.3, 0.4) is 0 Å². The molecule has 0 fully saturated rings. The fourth-order valence-electron chi connectivity index (χ4n) is 3.63. The normalized spacial score (nSPS) is 13.1. The zero-order valence-electron chi connectivity index (χ0n) is 20.1. The lowest BCUT2D eigenvalue weighted by atomic mass is 10.1. The van der Waals surface area contributed by atoms with E-state index in [2.05, 4.69) is 12.0 Å². The largest absolute Gasteiger partial charge is 0.478 e. The third-order valence-corrected chi connectivity index (χ3v) is 6.95. The Kier molecular flexibility index (Phi) is 6.79. The van der Waals surface area contributed by atoms with Crippen molar-refractivity contribution in [3.63, 3.8) is 0 Å². The lowest BCUT2D eigenvalue weighted by Gasteiger charge is -2.23. The number of halogens is 3. The number of hydrogen-bond donors (Lipinski definition) is 1. The predicted molar refractivity (Wildman–Crippen MR) is 134 cm³/mol. The van der Waals surface area contributed by atoms with Gasteiger partial charge < -0.3 is 9.84 Å². The van der Waals surface area contributed by atoms with Gasteiger partial charge >= 0.3 is 12.1 Å². The second kappa shape index (κ2) is 9.54. The van der Waals surface area contributed by atoms with E-state index in [-0.39, 0.29) is 5.25 Å². The highest BCUT2D eigenvalue weighted by Crippen LogP contribution is 2.38. The minimum atomic E-state index is -4.38. The molecular formula is C27H25F3N2O3S. The van der Waals surface area contributed by atoms with Crippen molar-refractivity contribution in [1.82, 2.24) is 9.78 Å². The minimum absolute atomic E-state index is 0.102. The number of ether oxygens (including phenoxy) is 1. The summed E-state index contributed by atoms with van der Waals surface area (Å²) in [6.07, 6.45) is -2.57. The first-order valence-corrected chi connectivity index (χ1v) is 12.1. The molecule has 0 aliphatic carbocycles. The van der Waals surface area contributed by atoms with Crippen LogP contribution in [0.2, 0.25) is 0 Å². The SMILES string of the molecule is Cc1cc(SC(C)c2ccc3nn(-c4ccc(C(F)(F)F)cc4)cc3c2)ccc1OC(C)(C)C(=O)O. The van der Waals surface area contributed by atoms with E-state index in [1.165, 1.54) is 26.0 Å². The van der Waals surface area contributed by atoms with Gasteiger partial charge in [0.15, 0.2) is 5.60 Å². The predicted octanol–water partition coefficient (Wildman–Crippen LogP) is 7.45. The maximum atomic E-state index is 12.8. The molecule has 0 aliphatic rings. The van der Waals surface area contributed by atoms with E-state index in [0.29, 0.717) is 11.4 Å². The number of hydrogen-bond acceptors (Lipinski definition) is 4. The first kappa shape index (κ1) is 25.6. The highest BCUT2D eigenvalue weighted by molar-refractivity contribution is 7.99. The Bertz CT molecular complexity index is 1410. The Morgan fingerprint density at radius 3 is 2.36 bits per heavy atom. The Labute approximate surface area is 210 Å². The zero-order chi connectivity index (χ0) is 26.3. The molecule has 0 saturated carbocycles. The van der Waals surface area contributed by atoms with Crippen LogP contribution >= 0.6 is 11.8 Å². The van der Waals surface area contributed by atoms with Crippen LogP contribution < -0.4 is 4.74 Å². The van der Waals surface area contributed by atoms with Crippen LogP contribution in [0.4, 0.5) is 13.2 Å². The molecule has 0 saturated heterocycles. The number of carboxylic acid groups (broad SMARTS) is 1. The van der Waals surface area contributed by atoms with Gasteiger partial charge in [-0.15, -0.1) is 11.8 Å². The fraction of sp³-hybridized carbons (Fsp3) is 0.259. The van der Waals surface area contributed by atoms with Gasteiger partial charge in [0.1, 0.15) is 5.75 Å². The third kappa shape index (κ3) is 5.51. The highest BCUT2D eigenvalue weighted by atomic mass is 32.2. The van der Waals surface area contributed by atoms with Gasteiger partial charge in [-0.2, -0.15) is 18.3 Å². The maximum absolute atomic E-state index is 12.8. The molecule has 0 bridgehead atoms. The van der Waals surface area contributed by atoms with Gasteiger partial charge in [0.25, 0.3) is 0 Å². The summed E-state index contributed by atoms with van der Waals surface area (Å²) in [5, 5.41) is 14.8. The summed E-state index contributed by atoms with van der Waals surface area (Å²) in [7, 11) is 0. The molecule has 9 heteroatoms. The van der Waals surface area contributed by atoms with Crippen molar-refractivity contribution in [3.05, 3.63) is 83.6 Å². The number of carboxylic acids is 1. The van der Waals surface area contributed by atoms with Crippen molar-refractivity contribution in [3.8, 4) is 11.4 Å². The molecule has 0 radical (unpaired) electrons. The first-order valence-electron chi connectivity index (χ1n) is 11.2. The maximum Gasteiger partial charge on any atom is 0.416 e. The number of aryl methyl sites for hydroxylation is 1. The Morgan fingerprint density at radius 1 is 1.06 bits per heavy atom. The summed E-state index contributed by atoms with van der Waals surface area (Å²) in [6.45, 7) is 6.98. The molecule has 1 N–H and O–H groups in total. The van der Waals surface area contributed by atoms with Crippen molar-refractivity contribution in [2.75, 3.05) is 0 Å². The number of nitrogens with zero attached hydrogens (tertiary/aromatic N) is 2. The van der Waals surface area contributed by atoms with Gasteiger partial charge in [-0.05, 0) is 93.4 Å². The first-order chi connectivity index (χ1) is 16.8. The van der Waals surface area contributed by atoms with E-state index >= 15 is 0 Å². The molecule has 188 valence electrons. The molecule has 1 heterocycles. The minimum Gasteiger partial charge on any atom is -0.478 e. The van der Waals surface area contributed by atoms with Crippen LogP contribution in [0, 0.1) is 6.92 Å². The van der Waals surface area contributed by atoms with Crippen molar-refractivity contribution < 1.29 is 27.8 Å². The molecule has 3 aromatic carbocycles. The van der Waals surface area contributed by atoms with Crippen molar-refractivity contribution in [1.29, 1.82) is 0 Å². The quantitative estimate of drug-likeness (QED) is 0.260. The van der Waals surface area contributed by atoms with Crippen LogP contribution in [-0.2, 0) is 11.0 Å². The molecule has 1 atom stereocenters. The van der Waals surface area contributed by atoms with Crippen molar-refractivity contribution in [2.45, 2.75) is 49.6 Å². The average molecular weight is 515 g/mol. The molecule has 4 rings (SSSR count). The van der Waals surface area contributed by atoms with Gasteiger partial charge in [0, 0.05) is 21.7 Å². The van der Waals surface area contributed by atoms with Crippen molar-refractivity contribution in [2.24, 2.45) is 0 Å². The van der Waals surface area contributed by atoms with Gasteiger partial charge in [-0.1, -0.05) is 6.07 Å². The number of fused-ring (bicyclic) bond motifs is 1. The number of aromatic nitrogens is 2. The summed E-state index contributed by atoms with van der Waals surface area (Å²) in [5.74, 6) is -0.512. The van der Waals surface area contributed by atoms with Crippen LogP contribution in [0.15, 0.2) is 71.8 Å². The number of rotatable bonds is 7. The second-order valence-corrected chi connectivity index (χ2v) is 10.5. The van der Waals surface area contributed by atoms with Gasteiger partial charge in [0.05, 0.1) is 16.8 Å². The van der Waals surface area contributed by atoms with Gasteiger partial charge in [-0.25, -0.2) is 9.48 Å². The van der Waals surface area contributed by atoms with Crippen LogP contribution in [-0.4, -0.2) is 26.5 Å². The standard InChI is InChI=1S/C27H25F3N2O3S/c1-16-13-22(10-12-24(16)35-26(3,4)25(33)34)36-17(2)18-5-11-23-19(14-18)15-32(31-23)21-8-6-20(7-9-21)27(28,29)30/h5-15,17H,1-4H3,(H,33,34). The lowest BCUT2D eigenvalue weighted by molar-refractivity contribution is -0.152. The summed E-state index contributed by atoms with van der Waals surface area (Å²) in [6, 6.07) is 16.5. The number of alkyl halides is 3. The van der Waals surface area contributed by atoms with E-state index in [4.69, 9.17) is 4.74 Å². The molecule has 4 aromatic rings. The Morgan fingerprint density at radius 2 is 1.75 bits per heavy atom. The average Bonchev–Trinajstić information content (AvgIpc) is 3.23. The second-order valence-electron chi connectivity index (χ2n) is 9.04. The van der Waals surface area contributed by atoms with E-state index < -0.39 is 23.3 Å². The molecule has 1 unspecified atom stereocenters. The van der Waals surface area contributed by atoms with Crippen molar-refractivity contribution >= 4 is 28.6 Å². The fourth-order valence-corrected chi connectivity index (χ4v) is 4.72. The number of thioether (sulfide) groups is 1. The number of aliphatic carboxylic acids is 1.